The lowest BCUT2D eigenvalue weighted by Crippen LogP contribution is -2.34. The second-order valence-corrected chi connectivity index (χ2v) is 5.96. The Morgan fingerprint density at radius 3 is 2.72 bits per heavy atom. The number of halogens is 1. The van der Waals surface area contributed by atoms with Gasteiger partial charge < -0.3 is 11.1 Å². The van der Waals surface area contributed by atoms with Crippen LogP contribution in [0.3, 0.4) is 0 Å². The summed E-state index contributed by atoms with van der Waals surface area (Å²) in [5.74, 6) is 0.146. The van der Waals surface area contributed by atoms with E-state index in [1.807, 2.05) is 0 Å². The highest BCUT2D eigenvalue weighted by atomic mass is 35.5. The normalized spacial score (nSPS) is 13.2. The largest absolute Gasteiger partial charge is 0.397 e. The van der Waals surface area contributed by atoms with E-state index < -0.39 is 0 Å². The molecule has 1 aromatic rings. The number of aromatic nitrogens is 1. The number of nitrogen functional groups attached to an aromatic ring is 1. The van der Waals surface area contributed by atoms with Crippen molar-refractivity contribution in [3.05, 3.63) is 23.0 Å². The second-order valence-electron chi connectivity index (χ2n) is 5.57. The summed E-state index contributed by atoms with van der Waals surface area (Å²) in [5.41, 5.74) is 6.55. The first-order chi connectivity index (χ1) is 8.21. The zero-order valence-electron chi connectivity index (χ0n) is 11.2. The molecule has 100 valence electrons. The van der Waals surface area contributed by atoms with E-state index in [0.29, 0.717) is 23.7 Å². The Morgan fingerprint density at radius 2 is 2.17 bits per heavy atom. The van der Waals surface area contributed by atoms with Gasteiger partial charge in [0.15, 0.2) is 0 Å². The molecule has 18 heavy (non-hydrogen) atoms. The molecule has 4 nitrogen and oxygen atoms in total. The zero-order valence-corrected chi connectivity index (χ0v) is 12.0. The number of nitrogens with zero attached hydrogens (tertiary/aromatic N) is 1. The Labute approximate surface area is 113 Å². The fourth-order valence-corrected chi connectivity index (χ4v) is 1.44. The lowest BCUT2D eigenvalue weighted by Gasteiger charge is -2.27. The van der Waals surface area contributed by atoms with Crippen LogP contribution in [0.5, 0.6) is 0 Å². The summed E-state index contributed by atoms with van der Waals surface area (Å²) >= 11 is 5.75. The maximum Gasteiger partial charge on any atom is 0.253 e. The molecule has 1 heterocycles. The quantitative estimate of drug-likeness (QED) is 0.829. The van der Waals surface area contributed by atoms with Crippen LogP contribution in [0.4, 0.5) is 5.69 Å². The predicted molar refractivity (Wildman–Crippen MR) is 74.6 cm³/mol. The summed E-state index contributed by atoms with van der Waals surface area (Å²) in [6.45, 7) is 9.12. The Hall–Kier alpha value is -1.29. The van der Waals surface area contributed by atoms with Crippen molar-refractivity contribution in [2.45, 2.75) is 27.7 Å². The van der Waals surface area contributed by atoms with Crippen LogP contribution in [0.25, 0.3) is 0 Å². The van der Waals surface area contributed by atoms with Crippen molar-refractivity contribution in [1.82, 2.24) is 10.3 Å². The Kier molecular flexibility index (Phi) is 4.57. The van der Waals surface area contributed by atoms with E-state index in [9.17, 15) is 4.79 Å². The van der Waals surface area contributed by atoms with Crippen LogP contribution in [0.2, 0.25) is 5.15 Å². The fraction of sp³-hybridized carbons (Fsp3) is 0.538. The average molecular weight is 270 g/mol. The van der Waals surface area contributed by atoms with E-state index in [1.54, 1.807) is 0 Å². The van der Waals surface area contributed by atoms with E-state index in [2.05, 4.69) is 38.0 Å². The third-order valence-electron chi connectivity index (χ3n) is 3.19. The molecular weight excluding hydrogens is 250 g/mol. The number of carbonyl (C=O) groups is 1. The van der Waals surface area contributed by atoms with Crippen LogP contribution in [-0.4, -0.2) is 17.4 Å². The first kappa shape index (κ1) is 14.8. The van der Waals surface area contributed by atoms with E-state index in [0.717, 1.165) is 0 Å². The molecular formula is C13H20ClN3O. The molecule has 5 heteroatoms. The number of anilines is 1. The highest BCUT2D eigenvalue weighted by Gasteiger charge is 2.21. The monoisotopic (exact) mass is 269 g/mol. The first-order valence-corrected chi connectivity index (χ1v) is 6.29. The van der Waals surface area contributed by atoms with Gasteiger partial charge in [-0.15, -0.1) is 0 Å². The molecule has 0 aliphatic heterocycles. The molecule has 1 rings (SSSR count). The highest BCUT2D eigenvalue weighted by molar-refractivity contribution is 6.29. The summed E-state index contributed by atoms with van der Waals surface area (Å²) < 4.78 is 0. The molecule has 0 saturated carbocycles. The summed E-state index contributed by atoms with van der Waals surface area (Å²) in [5, 5.41) is 3.13. The van der Waals surface area contributed by atoms with Crippen LogP contribution in [-0.2, 0) is 0 Å². The molecule has 0 aromatic carbocycles. The lowest BCUT2D eigenvalue weighted by atomic mass is 9.82. The van der Waals surface area contributed by atoms with Crippen LogP contribution >= 0.6 is 11.6 Å². The minimum atomic E-state index is -0.215. The van der Waals surface area contributed by atoms with Gasteiger partial charge >= 0.3 is 0 Å². The number of pyridine rings is 1. The van der Waals surface area contributed by atoms with Crippen molar-refractivity contribution in [1.29, 1.82) is 0 Å². The van der Waals surface area contributed by atoms with Gasteiger partial charge in [-0.2, -0.15) is 0 Å². The van der Waals surface area contributed by atoms with Gasteiger partial charge in [0, 0.05) is 6.54 Å². The molecule has 1 aromatic heterocycles. The number of nitrogens with two attached hydrogens (primary N) is 1. The third-order valence-corrected chi connectivity index (χ3v) is 3.40. The Morgan fingerprint density at radius 1 is 1.56 bits per heavy atom. The van der Waals surface area contributed by atoms with Crippen LogP contribution in [0.1, 0.15) is 38.1 Å². The summed E-state index contributed by atoms with van der Waals surface area (Å²) in [6.07, 6.45) is 1.39. The standard InChI is InChI=1S/C13H20ClN3O/c1-8(13(2,3)4)6-17-12(18)9-5-11(14)16-7-10(9)15/h5,7-8H,6,15H2,1-4H3,(H,17,18). The number of hydrogen-bond acceptors (Lipinski definition) is 3. The van der Waals surface area contributed by atoms with Crippen molar-refractivity contribution in [3.8, 4) is 0 Å². The van der Waals surface area contributed by atoms with E-state index in [-0.39, 0.29) is 16.5 Å². The summed E-state index contributed by atoms with van der Waals surface area (Å²) in [7, 11) is 0. The van der Waals surface area contributed by atoms with Gasteiger partial charge in [-0.1, -0.05) is 39.3 Å². The topological polar surface area (TPSA) is 68.0 Å². The fourth-order valence-electron chi connectivity index (χ4n) is 1.28. The SMILES string of the molecule is CC(CNC(=O)c1cc(Cl)ncc1N)C(C)(C)C. The maximum atomic E-state index is 12.0. The van der Waals surface area contributed by atoms with Gasteiger partial charge in [0.05, 0.1) is 17.4 Å². The van der Waals surface area contributed by atoms with Crippen LogP contribution in [0.15, 0.2) is 12.3 Å². The Balaban J connectivity index is 2.69. The molecule has 0 saturated heterocycles. The minimum Gasteiger partial charge on any atom is -0.397 e. The third kappa shape index (κ3) is 3.88. The average Bonchev–Trinajstić information content (AvgIpc) is 2.27. The van der Waals surface area contributed by atoms with Crippen molar-refractivity contribution < 1.29 is 4.79 Å². The lowest BCUT2D eigenvalue weighted by molar-refractivity contribution is 0.0938. The van der Waals surface area contributed by atoms with Gasteiger partial charge in [-0.25, -0.2) is 4.98 Å². The number of hydrogen-bond donors (Lipinski definition) is 2. The molecule has 1 unspecified atom stereocenters. The van der Waals surface area contributed by atoms with E-state index >= 15 is 0 Å². The van der Waals surface area contributed by atoms with Gasteiger partial charge in [0.2, 0.25) is 0 Å². The van der Waals surface area contributed by atoms with Crippen molar-refractivity contribution in [3.63, 3.8) is 0 Å². The zero-order chi connectivity index (χ0) is 13.9. The second kappa shape index (κ2) is 5.57. The smallest absolute Gasteiger partial charge is 0.253 e. The van der Waals surface area contributed by atoms with Crippen molar-refractivity contribution in [2.24, 2.45) is 11.3 Å². The van der Waals surface area contributed by atoms with E-state index in [4.69, 9.17) is 17.3 Å². The predicted octanol–water partition coefficient (Wildman–Crippen LogP) is 2.73. The molecule has 0 aliphatic rings. The van der Waals surface area contributed by atoms with Gasteiger partial charge in [-0.05, 0) is 17.4 Å². The molecule has 0 bridgehead atoms. The van der Waals surface area contributed by atoms with Gasteiger partial charge in [0.1, 0.15) is 5.15 Å². The maximum absolute atomic E-state index is 12.0. The highest BCUT2D eigenvalue weighted by Crippen LogP contribution is 2.24. The molecule has 0 aliphatic carbocycles. The number of amides is 1. The number of nitrogens with one attached hydrogen (secondary N) is 1. The molecule has 0 spiro atoms. The summed E-state index contributed by atoms with van der Waals surface area (Å²) in [4.78, 5) is 15.8. The van der Waals surface area contributed by atoms with Gasteiger partial charge in [0.25, 0.3) is 5.91 Å². The van der Waals surface area contributed by atoms with Crippen LogP contribution in [0, 0.1) is 11.3 Å². The van der Waals surface area contributed by atoms with E-state index in [1.165, 1.54) is 12.3 Å². The molecule has 0 fully saturated rings. The van der Waals surface area contributed by atoms with Crippen molar-refractivity contribution in [2.75, 3.05) is 12.3 Å². The van der Waals surface area contributed by atoms with Gasteiger partial charge in [-0.3, -0.25) is 4.79 Å². The number of rotatable bonds is 3. The molecule has 0 radical (unpaired) electrons. The molecule has 1 amide bonds. The number of carbonyl (C=O) groups excluding carboxylic acids is 1. The summed E-state index contributed by atoms with van der Waals surface area (Å²) in [6, 6.07) is 1.48. The van der Waals surface area contributed by atoms with Crippen LogP contribution < -0.4 is 11.1 Å². The first-order valence-electron chi connectivity index (χ1n) is 5.91. The minimum absolute atomic E-state index is 0.148. The molecule has 3 N–H and O–H groups in total. The molecule has 1 atom stereocenters. The Bertz CT molecular complexity index is 440. The van der Waals surface area contributed by atoms with Crippen molar-refractivity contribution >= 4 is 23.2 Å².